The van der Waals surface area contributed by atoms with Crippen LogP contribution in [0.5, 0.6) is 0 Å². The molecule has 0 saturated carbocycles. The first-order valence-electron chi connectivity index (χ1n) is 10.2. The van der Waals surface area contributed by atoms with Gasteiger partial charge in [-0.05, 0) is 53.6 Å². The summed E-state index contributed by atoms with van der Waals surface area (Å²) >= 11 is 12.8. The summed E-state index contributed by atoms with van der Waals surface area (Å²) in [6.07, 6.45) is 3.86. The zero-order chi connectivity index (χ0) is 21.8. The Morgan fingerprint density at radius 3 is 2.06 bits per heavy atom. The summed E-state index contributed by atoms with van der Waals surface area (Å²) in [4.78, 5) is 4.52. The first-order valence-corrected chi connectivity index (χ1v) is 10.9. The Labute approximate surface area is 193 Å². The SMILES string of the molecule is Cc1ccc(B(OCc2cn(Cc3ccccc3)cn2)c2ccc(C)c(Cl)c2)cc1Cl. The van der Waals surface area contributed by atoms with Crippen molar-refractivity contribution in [2.45, 2.75) is 27.0 Å². The molecule has 0 spiro atoms. The number of halogens is 2. The van der Waals surface area contributed by atoms with Crippen LogP contribution in [0.25, 0.3) is 0 Å². The summed E-state index contributed by atoms with van der Waals surface area (Å²) in [5, 5.41) is 1.44. The van der Waals surface area contributed by atoms with Gasteiger partial charge in [0, 0.05) is 22.8 Å². The van der Waals surface area contributed by atoms with Gasteiger partial charge >= 0.3 is 6.92 Å². The molecule has 4 aromatic rings. The number of imidazole rings is 1. The number of nitrogens with zero attached hydrogens (tertiary/aromatic N) is 2. The van der Waals surface area contributed by atoms with Crippen molar-refractivity contribution in [2.75, 3.05) is 0 Å². The van der Waals surface area contributed by atoms with Crippen molar-refractivity contribution in [3.63, 3.8) is 0 Å². The van der Waals surface area contributed by atoms with Crippen molar-refractivity contribution >= 4 is 41.0 Å². The van der Waals surface area contributed by atoms with E-state index in [2.05, 4.69) is 21.7 Å². The topological polar surface area (TPSA) is 27.1 Å². The fourth-order valence-electron chi connectivity index (χ4n) is 3.46. The van der Waals surface area contributed by atoms with Crippen molar-refractivity contribution in [1.29, 1.82) is 0 Å². The van der Waals surface area contributed by atoms with E-state index in [1.165, 1.54) is 5.56 Å². The molecule has 0 atom stereocenters. The number of benzene rings is 3. The molecule has 3 nitrogen and oxygen atoms in total. The molecular weight excluding hydrogens is 426 g/mol. The summed E-state index contributed by atoms with van der Waals surface area (Å²) in [7, 11) is 0. The fraction of sp³-hybridized carbons (Fsp3) is 0.160. The van der Waals surface area contributed by atoms with Crippen LogP contribution in [0.4, 0.5) is 0 Å². The Kier molecular flexibility index (Phi) is 6.81. The van der Waals surface area contributed by atoms with Crippen LogP contribution < -0.4 is 10.9 Å². The van der Waals surface area contributed by atoms with E-state index in [0.29, 0.717) is 6.61 Å². The molecule has 4 rings (SSSR count). The lowest BCUT2D eigenvalue weighted by molar-refractivity contribution is 0.317. The molecule has 0 N–H and O–H groups in total. The van der Waals surface area contributed by atoms with Gasteiger partial charge in [0.1, 0.15) is 0 Å². The Hall–Kier alpha value is -2.53. The predicted octanol–water partition coefficient (Wildman–Crippen LogP) is 5.18. The highest BCUT2D eigenvalue weighted by Crippen LogP contribution is 2.16. The zero-order valence-corrected chi connectivity index (χ0v) is 19.1. The molecule has 6 heteroatoms. The van der Waals surface area contributed by atoms with Gasteiger partial charge in [-0.2, -0.15) is 0 Å². The van der Waals surface area contributed by atoms with Gasteiger partial charge in [0.05, 0.1) is 18.6 Å². The Balaban J connectivity index is 1.55. The van der Waals surface area contributed by atoms with Crippen LogP contribution in [0.1, 0.15) is 22.4 Å². The molecule has 0 aliphatic heterocycles. The highest BCUT2D eigenvalue weighted by atomic mass is 35.5. The molecule has 156 valence electrons. The average Bonchev–Trinajstić information content (AvgIpc) is 3.21. The molecule has 31 heavy (non-hydrogen) atoms. The summed E-state index contributed by atoms with van der Waals surface area (Å²) in [6.45, 7) is 4.84. The zero-order valence-electron chi connectivity index (χ0n) is 17.6. The maximum absolute atomic E-state index is 6.40. The second kappa shape index (κ2) is 9.74. The second-order valence-electron chi connectivity index (χ2n) is 7.73. The van der Waals surface area contributed by atoms with Crippen LogP contribution in [0.15, 0.2) is 79.3 Å². The van der Waals surface area contributed by atoms with Crippen LogP contribution in [0.3, 0.4) is 0 Å². The van der Waals surface area contributed by atoms with E-state index < -0.39 is 0 Å². The van der Waals surface area contributed by atoms with E-state index in [9.17, 15) is 0 Å². The van der Waals surface area contributed by atoms with Crippen molar-refractivity contribution in [2.24, 2.45) is 0 Å². The number of aromatic nitrogens is 2. The smallest absolute Gasteiger partial charge is 0.362 e. The van der Waals surface area contributed by atoms with Gasteiger partial charge in [0.15, 0.2) is 0 Å². The Bertz CT molecular complexity index is 1130. The third-order valence-corrected chi connectivity index (χ3v) is 6.10. The normalized spacial score (nSPS) is 11.0. The van der Waals surface area contributed by atoms with Crippen LogP contribution in [0, 0.1) is 13.8 Å². The maximum Gasteiger partial charge on any atom is 0.362 e. The quantitative estimate of drug-likeness (QED) is 0.364. The molecule has 3 aromatic carbocycles. The lowest BCUT2D eigenvalue weighted by Crippen LogP contribution is -2.45. The van der Waals surface area contributed by atoms with E-state index in [4.69, 9.17) is 27.9 Å². The van der Waals surface area contributed by atoms with Gasteiger partial charge in [-0.3, -0.25) is 0 Å². The maximum atomic E-state index is 6.40. The van der Waals surface area contributed by atoms with Crippen LogP contribution >= 0.6 is 23.2 Å². The molecule has 0 aliphatic carbocycles. The Morgan fingerprint density at radius 2 is 1.48 bits per heavy atom. The van der Waals surface area contributed by atoms with E-state index in [1.807, 2.05) is 81.0 Å². The number of aryl methyl sites for hydroxylation is 2. The van der Waals surface area contributed by atoms with E-state index in [1.54, 1.807) is 0 Å². The van der Waals surface area contributed by atoms with Crippen molar-refractivity contribution in [3.05, 3.63) is 112 Å². The highest BCUT2D eigenvalue weighted by Gasteiger charge is 2.23. The van der Waals surface area contributed by atoms with Gasteiger partial charge in [0.25, 0.3) is 0 Å². The number of rotatable bonds is 7. The lowest BCUT2D eigenvalue weighted by atomic mass is 9.55. The second-order valence-corrected chi connectivity index (χ2v) is 8.55. The van der Waals surface area contributed by atoms with Crippen molar-refractivity contribution < 1.29 is 4.65 Å². The third kappa shape index (κ3) is 5.40. The average molecular weight is 449 g/mol. The van der Waals surface area contributed by atoms with Crippen molar-refractivity contribution in [1.82, 2.24) is 9.55 Å². The molecule has 0 radical (unpaired) electrons. The van der Waals surface area contributed by atoms with Gasteiger partial charge in [-0.25, -0.2) is 4.98 Å². The molecular formula is C25H23BCl2N2O. The van der Waals surface area contributed by atoms with Gasteiger partial charge < -0.3 is 9.22 Å². The van der Waals surface area contributed by atoms with Crippen LogP contribution in [-0.2, 0) is 17.8 Å². The third-order valence-electron chi connectivity index (χ3n) is 5.29. The van der Waals surface area contributed by atoms with Crippen LogP contribution in [-0.4, -0.2) is 16.5 Å². The molecule has 0 saturated heterocycles. The molecule has 0 amide bonds. The van der Waals surface area contributed by atoms with Gasteiger partial charge in [0.2, 0.25) is 0 Å². The summed E-state index contributed by atoms with van der Waals surface area (Å²) in [5.74, 6) is 0. The minimum atomic E-state index is -0.296. The molecule has 0 aliphatic rings. The minimum absolute atomic E-state index is 0.296. The monoisotopic (exact) mass is 448 g/mol. The molecule has 0 bridgehead atoms. The van der Waals surface area contributed by atoms with E-state index in [0.717, 1.165) is 44.3 Å². The predicted molar refractivity (Wildman–Crippen MR) is 130 cm³/mol. The first kappa shape index (κ1) is 21.7. The largest absolute Gasteiger partial charge is 0.421 e. The summed E-state index contributed by atoms with van der Waals surface area (Å²) in [5.41, 5.74) is 6.14. The Morgan fingerprint density at radius 1 is 0.871 bits per heavy atom. The standard InChI is InChI=1S/C25H23BCl2N2O/c1-18-8-10-21(12-24(18)27)26(22-11-9-19(2)25(28)13-22)31-16-23-15-30(17-29-23)14-20-6-4-3-5-7-20/h3-13,15,17H,14,16H2,1-2H3. The highest BCUT2D eigenvalue weighted by molar-refractivity contribution is 6.80. The summed E-state index contributed by atoms with van der Waals surface area (Å²) in [6, 6.07) is 22.4. The van der Waals surface area contributed by atoms with Crippen molar-refractivity contribution in [3.8, 4) is 0 Å². The fourth-order valence-corrected chi connectivity index (χ4v) is 3.84. The lowest BCUT2D eigenvalue weighted by Gasteiger charge is -2.16. The van der Waals surface area contributed by atoms with E-state index in [-0.39, 0.29) is 6.92 Å². The molecule has 0 fully saturated rings. The molecule has 0 unspecified atom stereocenters. The number of hydrogen-bond donors (Lipinski definition) is 0. The van der Waals surface area contributed by atoms with Gasteiger partial charge in [-0.15, -0.1) is 0 Å². The minimum Gasteiger partial charge on any atom is -0.421 e. The van der Waals surface area contributed by atoms with Crippen LogP contribution in [0.2, 0.25) is 10.0 Å². The van der Waals surface area contributed by atoms with E-state index >= 15 is 0 Å². The number of hydrogen-bond acceptors (Lipinski definition) is 2. The molecule has 1 heterocycles. The first-order chi connectivity index (χ1) is 15.0. The summed E-state index contributed by atoms with van der Waals surface area (Å²) < 4.78 is 8.42. The van der Waals surface area contributed by atoms with Gasteiger partial charge in [-0.1, -0.05) is 77.8 Å². The molecule has 1 aromatic heterocycles.